The van der Waals surface area contributed by atoms with Crippen LogP contribution in [-0.2, 0) is 0 Å². The van der Waals surface area contributed by atoms with E-state index < -0.39 is 0 Å². The van der Waals surface area contributed by atoms with E-state index in [1.165, 1.54) is 0 Å². The van der Waals surface area contributed by atoms with Crippen LogP contribution in [0.1, 0.15) is 27.0 Å². The Morgan fingerprint density at radius 3 is 2.57 bits per heavy atom. The average molecular weight is 368 g/mol. The van der Waals surface area contributed by atoms with Crippen LogP contribution in [0.2, 0.25) is 0 Å². The molecule has 4 aromatic rings. The highest BCUT2D eigenvalue weighted by Gasteiger charge is 2.14. The third-order valence-corrected chi connectivity index (χ3v) is 4.79. The predicted molar refractivity (Wildman–Crippen MR) is 114 cm³/mol. The molecule has 0 unspecified atom stereocenters. The number of aromatic amines is 1. The number of rotatable bonds is 4. The summed E-state index contributed by atoms with van der Waals surface area (Å²) in [6, 6.07) is 20.4. The summed E-state index contributed by atoms with van der Waals surface area (Å²) in [5.74, 6) is -0.192. The summed E-state index contributed by atoms with van der Waals surface area (Å²) >= 11 is 0. The minimum Gasteiger partial charge on any atom is -0.398 e. The van der Waals surface area contributed by atoms with Crippen molar-refractivity contribution in [2.75, 3.05) is 11.1 Å². The number of amides is 1. The Balaban J connectivity index is 1.63. The molecule has 0 fully saturated rings. The largest absolute Gasteiger partial charge is 0.398 e. The lowest BCUT2D eigenvalue weighted by Crippen LogP contribution is -2.14. The number of hydrogen-bond acceptors (Lipinski definition) is 3. The molecule has 0 radical (unpaired) electrons. The summed E-state index contributed by atoms with van der Waals surface area (Å²) in [6.45, 7) is 1.91. The maximum absolute atomic E-state index is 12.8. The summed E-state index contributed by atoms with van der Waals surface area (Å²) in [7, 11) is 0. The summed E-state index contributed by atoms with van der Waals surface area (Å²) in [4.78, 5) is 16.0. The number of anilines is 2. The molecule has 0 bridgehead atoms. The first-order chi connectivity index (χ1) is 13.5. The lowest BCUT2D eigenvalue weighted by Gasteiger charge is -2.12. The molecular formula is C23H20N4O. The van der Waals surface area contributed by atoms with Crippen molar-refractivity contribution in [3.63, 3.8) is 0 Å². The number of nitrogen functional groups attached to an aromatic ring is 1. The van der Waals surface area contributed by atoms with Gasteiger partial charge < -0.3 is 16.0 Å². The number of aromatic nitrogens is 1. The zero-order valence-electron chi connectivity index (χ0n) is 15.4. The molecule has 0 saturated heterocycles. The van der Waals surface area contributed by atoms with Gasteiger partial charge >= 0.3 is 0 Å². The van der Waals surface area contributed by atoms with E-state index >= 15 is 0 Å². The van der Waals surface area contributed by atoms with Gasteiger partial charge in [-0.05, 0) is 48.9 Å². The van der Waals surface area contributed by atoms with Gasteiger partial charge in [0.15, 0.2) is 0 Å². The van der Waals surface area contributed by atoms with Crippen LogP contribution in [0.25, 0.3) is 10.9 Å². The van der Waals surface area contributed by atoms with Gasteiger partial charge in [0.2, 0.25) is 0 Å². The molecule has 3 aromatic carbocycles. The quantitative estimate of drug-likeness (QED) is 0.310. The van der Waals surface area contributed by atoms with E-state index in [1.54, 1.807) is 18.2 Å². The Bertz CT molecular complexity index is 1190. The van der Waals surface area contributed by atoms with Crippen molar-refractivity contribution in [2.24, 2.45) is 0 Å². The number of carbonyl (C=O) groups excluding carboxylic acids is 1. The van der Waals surface area contributed by atoms with Gasteiger partial charge in [0.1, 0.15) is 0 Å². The highest BCUT2D eigenvalue weighted by Crippen LogP contribution is 2.23. The second-order valence-corrected chi connectivity index (χ2v) is 6.73. The molecule has 0 aliphatic rings. The maximum atomic E-state index is 12.8. The van der Waals surface area contributed by atoms with Gasteiger partial charge in [-0.1, -0.05) is 30.3 Å². The molecule has 0 saturated carbocycles. The molecule has 1 amide bonds. The van der Waals surface area contributed by atoms with Crippen molar-refractivity contribution in [3.8, 4) is 0 Å². The van der Waals surface area contributed by atoms with Crippen LogP contribution < -0.4 is 11.1 Å². The van der Waals surface area contributed by atoms with Crippen LogP contribution in [0.15, 0.2) is 72.9 Å². The number of aryl methyl sites for hydroxylation is 1. The molecule has 0 aliphatic heterocycles. The Morgan fingerprint density at radius 2 is 1.79 bits per heavy atom. The van der Waals surface area contributed by atoms with Crippen LogP contribution in [0.5, 0.6) is 0 Å². The van der Waals surface area contributed by atoms with E-state index in [1.807, 2.05) is 61.7 Å². The average Bonchev–Trinajstić information content (AvgIpc) is 3.16. The fraction of sp³-hybridized carbons (Fsp3) is 0.0435. The van der Waals surface area contributed by atoms with Gasteiger partial charge in [0, 0.05) is 45.2 Å². The Morgan fingerprint density at radius 1 is 1.00 bits per heavy atom. The topological polar surface area (TPSA) is 94.8 Å². The Kier molecular flexibility index (Phi) is 4.41. The van der Waals surface area contributed by atoms with Crippen molar-refractivity contribution in [3.05, 3.63) is 95.2 Å². The van der Waals surface area contributed by atoms with Gasteiger partial charge in [-0.3, -0.25) is 10.2 Å². The molecular weight excluding hydrogens is 348 g/mol. The second-order valence-electron chi connectivity index (χ2n) is 6.73. The van der Waals surface area contributed by atoms with Crippen LogP contribution in [0.3, 0.4) is 0 Å². The molecule has 138 valence electrons. The Labute approximate surface area is 162 Å². The smallest absolute Gasteiger partial charge is 0.255 e. The number of nitrogens with two attached hydrogens (primary N) is 1. The summed E-state index contributed by atoms with van der Waals surface area (Å²) < 4.78 is 0. The minimum absolute atomic E-state index is 0.192. The lowest BCUT2D eigenvalue weighted by molar-refractivity contribution is 0.102. The van der Waals surface area contributed by atoms with E-state index in [0.717, 1.165) is 22.0 Å². The highest BCUT2D eigenvalue weighted by atomic mass is 16.1. The lowest BCUT2D eigenvalue weighted by atomic mass is 10.00. The van der Waals surface area contributed by atoms with E-state index in [-0.39, 0.29) is 5.91 Å². The van der Waals surface area contributed by atoms with E-state index in [2.05, 4.69) is 10.3 Å². The number of benzene rings is 3. The van der Waals surface area contributed by atoms with E-state index in [9.17, 15) is 4.79 Å². The van der Waals surface area contributed by atoms with Crippen LogP contribution >= 0.6 is 0 Å². The third-order valence-electron chi connectivity index (χ3n) is 4.79. The standard InChI is InChI=1S/C23H20N4O/c1-14-11-21-16(9-10-26-21)12-18(14)23(28)27-17-7-8-20(24)19(13-17)22(25)15-5-3-2-4-6-15/h2-13,25-26H,24H2,1H3,(H,27,28). The van der Waals surface area contributed by atoms with Crippen LogP contribution in [-0.4, -0.2) is 16.6 Å². The first kappa shape index (κ1) is 17.5. The second kappa shape index (κ2) is 7.04. The number of fused-ring (bicyclic) bond motifs is 1. The van der Waals surface area contributed by atoms with Gasteiger partial charge in [-0.15, -0.1) is 0 Å². The molecule has 28 heavy (non-hydrogen) atoms. The zero-order valence-corrected chi connectivity index (χ0v) is 15.4. The van der Waals surface area contributed by atoms with Gasteiger partial charge in [-0.2, -0.15) is 0 Å². The molecule has 5 heteroatoms. The molecule has 1 aromatic heterocycles. The van der Waals surface area contributed by atoms with Crippen molar-refractivity contribution in [2.45, 2.75) is 6.92 Å². The van der Waals surface area contributed by atoms with Gasteiger partial charge in [-0.25, -0.2) is 0 Å². The fourth-order valence-corrected chi connectivity index (χ4v) is 3.26. The zero-order chi connectivity index (χ0) is 19.7. The van der Waals surface area contributed by atoms with Gasteiger partial charge in [0.25, 0.3) is 5.91 Å². The molecule has 0 aliphatic carbocycles. The fourth-order valence-electron chi connectivity index (χ4n) is 3.26. The van der Waals surface area contributed by atoms with Crippen molar-refractivity contribution >= 4 is 33.9 Å². The number of carbonyl (C=O) groups is 1. The summed E-state index contributed by atoms with van der Waals surface area (Å²) in [5.41, 5.74) is 11.4. The number of hydrogen-bond donors (Lipinski definition) is 4. The predicted octanol–water partition coefficient (Wildman–Crippen LogP) is 4.73. The molecule has 0 spiro atoms. The molecule has 1 heterocycles. The normalized spacial score (nSPS) is 10.8. The van der Waals surface area contributed by atoms with Crippen molar-refractivity contribution in [1.82, 2.24) is 4.98 Å². The van der Waals surface area contributed by atoms with Crippen molar-refractivity contribution in [1.29, 1.82) is 5.41 Å². The monoisotopic (exact) mass is 368 g/mol. The van der Waals surface area contributed by atoms with Crippen LogP contribution in [0, 0.1) is 12.3 Å². The number of H-pyrrole nitrogens is 1. The summed E-state index contributed by atoms with van der Waals surface area (Å²) in [6.07, 6.45) is 1.85. The van der Waals surface area contributed by atoms with Crippen molar-refractivity contribution < 1.29 is 4.79 Å². The van der Waals surface area contributed by atoms with Crippen LogP contribution in [0.4, 0.5) is 11.4 Å². The third kappa shape index (κ3) is 3.25. The molecule has 0 atom stereocenters. The highest BCUT2D eigenvalue weighted by molar-refractivity contribution is 6.15. The minimum atomic E-state index is -0.192. The first-order valence-corrected chi connectivity index (χ1v) is 8.96. The van der Waals surface area contributed by atoms with Gasteiger partial charge in [0.05, 0.1) is 5.71 Å². The number of nitrogens with one attached hydrogen (secondary N) is 3. The van der Waals surface area contributed by atoms with E-state index in [4.69, 9.17) is 11.1 Å². The Hall–Kier alpha value is -3.86. The summed E-state index contributed by atoms with van der Waals surface area (Å²) in [5, 5.41) is 12.4. The van der Waals surface area contributed by atoms with E-state index in [0.29, 0.717) is 28.2 Å². The molecule has 5 N–H and O–H groups in total. The SMILES string of the molecule is Cc1cc2[nH]ccc2cc1C(=O)Nc1ccc(N)c(C(=N)c2ccccc2)c1. The maximum Gasteiger partial charge on any atom is 0.255 e. The first-order valence-electron chi connectivity index (χ1n) is 8.96. The molecule has 5 nitrogen and oxygen atoms in total. The molecule has 4 rings (SSSR count).